The van der Waals surface area contributed by atoms with Gasteiger partial charge in [-0.05, 0) is 12.1 Å². The molecule has 2 heteroatoms. The number of furan rings is 1. The van der Waals surface area contributed by atoms with E-state index in [0.29, 0.717) is 0 Å². The molecule has 0 bridgehead atoms. The lowest BCUT2D eigenvalue weighted by Crippen LogP contribution is -2.07. The molecule has 1 aromatic heterocycles. The first-order valence-electron chi connectivity index (χ1n) is 2.96. The van der Waals surface area contributed by atoms with Gasteiger partial charge in [-0.15, -0.1) is 0 Å². The third kappa shape index (κ3) is 1.23. The summed E-state index contributed by atoms with van der Waals surface area (Å²) in [6.07, 6.45) is 1.75. The predicted molar refractivity (Wildman–Crippen MR) is 37.4 cm³/mol. The summed E-state index contributed by atoms with van der Waals surface area (Å²) in [5.74, 6) is 0. The zero-order valence-electron chi connectivity index (χ0n) is 5.05. The van der Waals surface area contributed by atoms with Gasteiger partial charge in [0.2, 0.25) is 0 Å². The van der Waals surface area contributed by atoms with Crippen LogP contribution in [0.25, 0.3) is 0 Å². The summed E-state index contributed by atoms with van der Waals surface area (Å²) in [6, 6.07) is 5.32. The van der Waals surface area contributed by atoms with E-state index in [9.17, 15) is 0 Å². The van der Waals surface area contributed by atoms with Gasteiger partial charge < -0.3 is 4.42 Å². The molecule has 44 valence electrons. The zero-order chi connectivity index (χ0) is 5.82. The smallest absolute Gasteiger partial charge is 0.1000 e. The van der Waals surface area contributed by atoms with E-state index < -0.39 is 0 Å². The van der Waals surface area contributed by atoms with Crippen molar-refractivity contribution >= 4 is 14.9 Å². The molecule has 0 atom stereocenters. The van der Waals surface area contributed by atoms with Crippen LogP contribution in [0.3, 0.4) is 0 Å². The Balaban J connectivity index is 2.50. The number of rotatable bonds is 2. The van der Waals surface area contributed by atoms with Crippen molar-refractivity contribution in [3.8, 4) is 0 Å². The third-order valence-corrected chi connectivity index (χ3v) is 2.47. The molecule has 1 aromatic rings. The molecule has 0 saturated carbocycles. The van der Waals surface area contributed by atoms with Crippen molar-refractivity contribution in [2.24, 2.45) is 0 Å². The Hall–Kier alpha value is -0.503. The van der Waals surface area contributed by atoms with Gasteiger partial charge in [0, 0.05) is 0 Å². The van der Waals surface area contributed by atoms with Crippen molar-refractivity contribution in [2.45, 2.75) is 13.0 Å². The largest absolute Gasteiger partial charge is 0.475 e. The highest BCUT2D eigenvalue weighted by Gasteiger charge is 1.89. The molecular formula is C6H10OSi. The maximum absolute atomic E-state index is 5.14. The number of hydrogen-bond acceptors (Lipinski definition) is 1. The SMILES string of the molecule is CC[SiH2]c1ccco1. The molecule has 0 unspecified atom stereocenters. The van der Waals surface area contributed by atoms with E-state index in [-0.39, 0.29) is 9.52 Å². The standard InChI is InChI=1S/C6H10OSi/c1-2-8-6-4-3-5-7-6/h3-5H,2,8H2,1H3. The van der Waals surface area contributed by atoms with Gasteiger partial charge in [0.25, 0.3) is 0 Å². The van der Waals surface area contributed by atoms with Gasteiger partial charge in [-0.3, -0.25) is 0 Å². The van der Waals surface area contributed by atoms with E-state index >= 15 is 0 Å². The van der Waals surface area contributed by atoms with Gasteiger partial charge in [0.05, 0.1) is 21.2 Å². The van der Waals surface area contributed by atoms with Gasteiger partial charge >= 0.3 is 0 Å². The molecule has 1 heterocycles. The van der Waals surface area contributed by atoms with E-state index in [4.69, 9.17) is 4.42 Å². The summed E-state index contributed by atoms with van der Waals surface area (Å²) in [5, 5.41) is 1.23. The van der Waals surface area contributed by atoms with Crippen LogP contribution < -0.4 is 5.38 Å². The molecule has 1 nitrogen and oxygen atoms in total. The Bertz CT molecular complexity index is 134. The maximum Gasteiger partial charge on any atom is 0.1000 e. The van der Waals surface area contributed by atoms with Crippen molar-refractivity contribution in [3.05, 3.63) is 18.4 Å². The van der Waals surface area contributed by atoms with Gasteiger partial charge in [-0.2, -0.15) is 0 Å². The van der Waals surface area contributed by atoms with Crippen LogP contribution in [-0.2, 0) is 0 Å². The first-order chi connectivity index (χ1) is 3.93. The monoisotopic (exact) mass is 126 g/mol. The lowest BCUT2D eigenvalue weighted by molar-refractivity contribution is 0.600. The minimum Gasteiger partial charge on any atom is -0.475 e. The Kier molecular flexibility index (Phi) is 1.91. The predicted octanol–water partition coefficient (Wildman–Crippen LogP) is 0.512. The average molecular weight is 126 g/mol. The molecule has 1 rings (SSSR count). The molecule has 0 fully saturated rings. The van der Waals surface area contributed by atoms with E-state index in [1.807, 2.05) is 6.07 Å². The Morgan fingerprint density at radius 2 is 2.62 bits per heavy atom. The molecule has 0 radical (unpaired) electrons. The summed E-state index contributed by atoms with van der Waals surface area (Å²) in [7, 11) is -0.0255. The van der Waals surface area contributed by atoms with Gasteiger partial charge in [0.1, 0.15) is 0 Å². The lowest BCUT2D eigenvalue weighted by atomic mass is 10.7. The molecular weight excluding hydrogens is 116 g/mol. The van der Waals surface area contributed by atoms with E-state index in [1.165, 1.54) is 11.4 Å². The quantitative estimate of drug-likeness (QED) is 0.526. The van der Waals surface area contributed by atoms with Crippen LogP contribution in [-0.4, -0.2) is 9.52 Å². The van der Waals surface area contributed by atoms with Crippen LogP contribution in [0.2, 0.25) is 6.04 Å². The van der Waals surface area contributed by atoms with Crippen molar-refractivity contribution < 1.29 is 4.42 Å². The fourth-order valence-corrected chi connectivity index (χ4v) is 1.71. The van der Waals surface area contributed by atoms with Crippen LogP contribution in [0.4, 0.5) is 0 Å². The summed E-state index contributed by atoms with van der Waals surface area (Å²) in [4.78, 5) is 0. The first kappa shape index (κ1) is 5.63. The lowest BCUT2D eigenvalue weighted by Gasteiger charge is -1.84. The number of hydrogen-bond donors (Lipinski definition) is 0. The molecule has 0 aliphatic carbocycles. The molecule has 0 spiro atoms. The van der Waals surface area contributed by atoms with Gasteiger partial charge in [0.15, 0.2) is 0 Å². The highest BCUT2D eigenvalue weighted by Crippen LogP contribution is 1.82. The molecule has 0 aromatic carbocycles. The van der Waals surface area contributed by atoms with Crippen molar-refractivity contribution in [1.82, 2.24) is 0 Å². The highest BCUT2D eigenvalue weighted by molar-refractivity contribution is 6.51. The second kappa shape index (κ2) is 2.72. The second-order valence-electron chi connectivity index (χ2n) is 1.83. The van der Waals surface area contributed by atoms with Crippen LogP contribution in [0.5, 0.6) is 0 Å². The fourth-order valence-electron chi connectivity index (χ4n) is 0.701. The van der Waals surface area contributed by atoms with Crippen LogP contribution in [0.1, 0.15) is 6.92 Å². The van der Waals surface area contributed by atoms with Crippen molar-refractivity contribution in [2.75, 3.05) is 0 Å². The van der Waals surface area contributed by atoms with Crippen molar-refractivity contribution in [3.63, 3.8) is 0 Å². The highest BCUT2D eigenvalue weighted by atomic mass is 28.2. The summed E-state index contributed by atoms with van der Waals surface area (Å²) >= 11 is 0. The molecule has 0 aliphatic rings. The van der Waals surface area contributed by atoms with Crippen LogP contribution in [0, 0.1) is 0 Å². The normalized spacial score (nSPS) is 11.1. The summed E-state index contributed by atoms with van der Waals surface area (Å²) in [6.45, 7) is 2.20. The van der Waals surface area contributed by atoms with E-state index in [1.54, 1.807) is 6.26 Å². The van der Waals surface area contributed by atoms with Crippen LogP contribution >= 0.6 is 0 Å². The van der Waals surface area contributed by atoms with Gasteiger partial charge in [-0.25, -0.2) is 0 Å². The third-order valence-electron chi connectivity index (χ3n) is 1.08. The minimum absolute atomic E-state index is 0.0255. The average Bonchev–Trinajstić information content (AvgIpc) is 2.19. The van der Waals surface area contributed by atoms with Crippen molar-refractivity contribution in [1.29, 1.82) is 0 Å². The molecule has 0 saturated heterocycles. The molecule has 8 heavy (non-hydrogen) atoms. The second-order valence-corrected chi connectivity index (χ2v) is 4.03. The topological polar surface area (TPSA) is 13.1 Å². The Labute approximate surface area is 51.5 Å². The zero-order valence-corrected chi connectivity index (χ0v) is 6.47. The molecule has 0 N–H and O–H groups in total. The molecule has 0 aliphatic heterocycles. The van der Waals surface area contributed by atoms with E-state index in [0.717, 1.165) is 0 Å². The maximum atomic E-state index is 5.14. The van der Waals surface area contributed by atoms with E-state index in [2.05, 4.69) is 13.0 Å². The summed E-state index contributed by atoms with van der Waals surface area (Å²) < 4.78 is 5.14. The van der Waals surface area contributed by atoms with Gasteiger partial charge in [-0.1, -0.05) is 13.0 Å². The molecule has 0 amide bonds. The van der Waals surface area contributed by atoms with Crippen LogP contribution in [0.15, 0.2) is 22.8 Å². The minimum atomic E-state index is -0.0255. The Morgan fingerprint density at radius 3 is 3.12 bits per heavy atom. The Morgan fingerprint density at radius 1 is 1.75 bits per heavy atom. The summed E-state index contributed by atoms with van der Waals surface area (Å²) in [5.41, 5.74) is 0. The first-order valence-corrected chi connectivity index (χ1v) is 4.66. The fraction of sp³-hybridized carbons (Fsp3) is 0.333.